The monoisotopic (exact) mass is 393 g/mol. The van der Waals surface area contributed by atoms with Crippen LogP contribution in [0, 0.1) is 0 Å². The van der Waals surface area contributed by atoms with Gasteiger partial charge in [-0.1, -0.05) is 29.4 Å². The standard InChI is InChI=1S/C21H23N5O3/c1-3-25-17-7-5-4-6-15(17)16-10-13(8-9-18(16)25)21(19(22)27)11-14(24-29-2)12-26(21)20(23)28/h4-10H,3,11-12H2,1-2H3,(H2,22,27)(H2,23,28). The molecule has 29 heavy (non-hydrogen) atoms. The second-order valence-corrected chi connectivity index (χ2v) is 7.16. The van der Waals surface area contributed by atoms with Crippen molar-refractivity contribution in [3.8, 4) is 0 Å². The van der Waals surface area contributed by atoms with Gasteiger partial charge in [0.25, 0.3) is 0 Å². The average molecular weight is 393 g/mol. The number of para-hydroxylation sites is 1. The lowest BCUT2D eigenvalue weighted by Crippen LogP contribution is -2.55. The molecule has 1 unspecified atom stereocenters. The van der Waals surface area contributed by atoms with Gasteiger partial charge in [0.15, 0.2) is 5.54 Å². The minimum atomic E-state index is -1.41. The molecule has 1 fully saturated rings. The number of hydrogen-bond acceptors (Lipinski definition) is 4. The van der Waals surface area contributed by atoms with Crippen LogP contribution in [-0.2, 0) is 21.7 Å². The number of likely N-dealkylation sites (tertiary alicyclic amines) is 1. The number of rotatable bonds is 4. The van der Waals surface area contributed by atoms with Crippen molar-refractivity contribution in [2.24, 2.45) is 16.6 Å². The Morgan fingerprint density at radius 3 is 2.52 bits per heavy atom. The average Bonchev–Trinajstić information content (AvgIpc) is 3.25. The number of nitrogens with two attached hydrogens (primary N) is 2. The Bertz CT molecular complexity index is 1170. The van der Waals surface area contributed by atoms with Crippen molar-refractivity contribution in [3.05, 3.63) is 48.0 Å². The summed E-state index contributed by atoms with van der Waals surface area (Å²) in [5.74, 6) is -0.656. The van der Waals surface area contributed by atoms with Crippen molar-refractivity contribution >= 4 is 39.5 Å². The SMILES string of the molecule is CCn1c2ccccc2c2cc(C3(C(N)=O)CC(=NOC)CN3C(N)=O)ccc21. The third-order valence-corrected chi connectivity index (χ3v) is 5.72. The number of oxime groups is 1. The van der Waals surface area contributed by atoms with Gasteiger partial charge in [0.1, 0.15) is 7.11 Å². The van der Waals surface area contributed by atoms with Crippen molar-refractivity contribution in [1.82, 2.24) is 9.47 Å². The summed E-state index contributed by atoms with van der Waals surface area (Å²) in [6, 6.07) is 13.1. The maximum atomic E-state index is 12.7. The van der Waals surface area contributed by atoms with Crippen LogP contribution in [0.4, 0.5) is 4.79 Å². The van der Waals surface area contributed by atoms with Gasteiger partial charge in [0.05, 0.1) is 12.3 Å². The maximum Gasteiger partial charge on any atom is 0.316 e. The Labute approximate surface area is 167 Å². The van der Waals surface area contributed by atoms with Crippen LogP contribution >= 0.6 is 0 Å². The molecule has 8 heteroatoms. The number of amides is 3. The normalized spacial score (nSPS) is 20.6. The fraction of sp³-hybridized carbons (Fsp3) is 0.286. The highest BCUT2D eigenvalue weighted by Gasteiger charge is 2.52. The molecule has 1 aliphatic heterocycles. The van der Waals surface area contributed by atoms with Gasteiger partial charge >= 0.3 is 6.03 Å². The van der Waals surface area contributed by atoms with Gasteiger partial charge in [-0.05, 0) is 30.7 Å². The van der Waals surface area contributed by atoms with Crippen LogP contribution in [0.3, 0.4) is 0 Å². The molecule has 3 amide bonds. The third kappa shape index (κ3) is 2.63. The van der Waals surface area contributed by atoms with E-state index in [4.69, 9.17) is 16.3 Å². The molecule has 0 aliphatic carbocycles. The largest absolute Gasteiger partial charge is 0.399 e. The lowest BCUT2D eigenvalue weighted by Gasteiger charge is -2.34. The van der Waals surface area contributed by atoms with Crippen molar-refractivity contribution in [2.75, 3.05) is 13.7 Å². The van der Waals surface area contributed by atoms with Gasteiger partial charge in [-0.3, -0.25) is 4.79 Å². The maximum absolute atomic E-state index is 12.7. The molecule has 1 saturated heterocycles. The van der Waals surface area contributed by atoms with Crippen LogP contribution in [0.15, 0.2) is 47.6 Å². The summed E-state index contributed by atoms with van der Waals surface area (Å²) in [4.78, 5) is 31.1. The van der Waals surface area contributed by atoms with E-state index >= 15 is 0 Å². The quantitative estimate of drug-likeness (QED) is 0.662. The third-order valence-electron chi connectivity index (χ3n) is 5.72. The summed E-state index contributed by atoms with van der Waals surface area (Å²) < 4.78 is 2.21. The summed E-state index contributed by atoms with van der Waals surface area (Å²) >= 11 is 0. The minimum absolute atomic E-state index is 0.0842. The van der Waals surface area contributed by atoms with E-state index in [0.29, 0.717) is 11.3 Å². The molecule has 8 nitrogen and oxygen atoms in total. The number of benzene rings is 2. The topological polar surface area (TPSA) is 116 Å². The number of hydrogen-bond donors (Lipinski definition) is 2. The minimum Gasteiger partial charge on any atom is -0.399 e. The number of fused-ring (bicyclic) bond motifs is 3. The van der Waals surface area contributed by atoms with Gasteiger partial charge in [-0.25, -0.2) is 4.79 Å². The summed E-state index contributed by atoms with van der Waals surface area (Å²) in [7, 11) is 1.41. The first-order valence-corrected chi connectivity index (χ1v) is 9.41. The Hall–Kier alpha value is -3.55. The van der Waals surface area contributed by atoms with Crippen molar-refractivity contribution in [3.63, 3.8) is 0 Å². The zero-order chi connectivity index (χ0) is 20.8. The van der Waals surface area contributed by atoms with Crippen molar-refractivity contribution < 1.29 is 14.4 Å². The van der Waals surface area contributed by atoms with Gasteiger partial charge < -0.3 is 25.8 Å². The fourth-order valence-electron chi connectivity index (χ4n) is 4.49. The molecule has 150 valence electrons. The Balaban J connectivity index is 2.00. The molecule has 1 aromatic heterocycles. The number of primary amides is 2. The fourth-order valence-corrected chi connectivity index (χ4v) is 4.49. The van der Waals surface area contributed by atoms with E-state index in [-0.39, 0.29) is 13.0 Å². The van der Waals surface area contributed by atoms with Gasteiger partial charge in [-0.15, -0.1) is 0 Å². The van der Waals surface area contributed by atoms with Gasteiger partial charge in [0.2, 0.25) is 5.91 Å². The zero-order valence-electron chi connectivity index (χ0n) is 16.4. The molecular weight excluding hydrogens is 370 g/mol. The lowest BCUT2D eigenvalue weighted by atomic mass is 9.85. The Kier molecular flexibility index (Phi) is 4.41. The van der Waals surface area contributed by atoms with E-state index in [0.717, 1.165) is 28.4 Å². The molecule has 3 aromatic rings. The first kappa shape index (κ1) is 18.8. The highest BCUT2D eigenvalue weighted by Crippen LogP contribution is 2.40. The van der Waals surface area contributed by atoms with E-state index < -0.39 is 17.5 Å². The van der Waals surface area contributed by atoms with E-state index in [2.05, 4.69) is 22.7 Å². The molecule has 2 aromatic carbocycles. The highest BCUT2D eigenvalue weighted by atomic mass is 16.6. The summed E-state index contributed by atoms with van der Waals surface area (Å²) in [6.45, 7) is 2.98. The van der Waals surface area contributed by atoms with Crippen molar-refractivity contribution in [1.29, 1.82) is 0 Å². The molecule has 4 N–H and O–H groups in total. The van der Waals surface area contributed by atoms with Crippen LogP contribution in [-0.4, -0.2) is 40.8 Å². The molecule has 1 aliphatic rings. The number of urea groups is 1. The summed E-state index contributed by atoms with van der Waals surface area (Å²) in [6.07, 6.45) is 0.136. The van der Waals surface area contributed by atoms with E-state index in [1.807, 2.05) is 36.4 Å². The van der Waals surface area contributed by atoms with Crippen LogP contribution in [0.5, 0.6) is 0 Å². The van der Waals surface area contributed by atoms with Crippen LogP contribution < -0.4 is 11.5 Å². The Morgan fingerprint density at radius 1 is 1.14 bits per heavy atom. The van der Waals surface area contributed by atoms with Crippen LogP contribution in [0.1, 0.15) is 18.9 Å². The summed E-state index contributed by atoms with van der Waals surface area (Å²) in [5, 5.41) is 6.00. The van der Waals surface area contributed by atoms with Crippen molar-refractivity contribution in [2.45, 2.75) is 25.4 Å². The molecular formula is C21H23N5O3. The molecule has 0 radical (unpaired) electrons. The highest BCUT2D eigenvalue weighted by molar-refractivity contribution is 6.09. The molecule has 1 atom stereocenters. The number of carbonyl (C=O) groups is 2. The molecule has 0 bridgehead atoms. The first-order valence-electron chi connectivity index (χ1n) is 9.41. The van der Waals surface area contributed by atoms with E-state index in [9.17, 15) is 9.59 Å². The predicted octanol–water partition coefficient (Wildman–Crippen LogP) is 2.28. The van der Waals surface area contributed by atoms with Crippen LogP contribution in [0.2, 0.25) is 0 Å². The van der Waals surface area contributed by atoms with Gasteiger partial charge in [-0.2, -0.15) is 0 Å². The zero-order valence-corrected chi connectivity index (χ0v) is 16.4. The smallest absolute Gasteiger partial charge is 0.316 e. The number of nitrogens with zero attached hydrogens (tertiary/aromatic N) is 3. The number of aromatic nitrogens is 1. The number of carbonyl (C=O) groups excluding carboxylic acids is 2. The van der Waals surface area contributed by atoms with Gasteiger partial charge in [0, 0.05) is 34.8 Å². The van der Waals surface area contributed by atoms with E-state index in [1.54, 1.807) is 0 Å². The molecule has 0 spiro atoms. The second kappa shape index (κ2) is 6.80. The Morgan fingerprint density at radius 2 is 1.86 bits per heavy atom. The summed E-state index contributed by atoms with van der Waals surface area (Å²) in [5.41, 5.74) is 13.3. The molecule has 2 heterocycles. The first-order chi connectivity index (χ1) is 13.9. The van der Waals surface area contributed by atoms with Crippen LogP contribution in [0.25, 0.3) is 21.8 Å². The molecule has 0 saturated carbocycles. The lowest BCUT2D eigenvalue weighted by molar-refractivity contribution is -0.127. The number of aryl methyl sites for hydroxylation is 1. The predicted molar refractivity (Wildman–Crippen MR) is 111 cm³/mol. The second-order valence-electron chi connectivity index (χ2n) is 7.16. The van der Waals surface area contributed by atoms with E-state index in [1.165, 1.54) is 12.0 Å². The molecule has 4 rings (SSSR count).